The van der Waals surface area contributed by atoms with Gasteiger partial charge in [-0.3, -0.25) is 0 Å². The summed E-state index contributed by atoms with van der Waals surface area (Å²) in [6.45, 7) is 2.34. The van der Waals surface area contributed by atoms with E-state index in [2.05, 4.69) is 6.07 Å². The second kappa shape index (κ2) is 6.58. The molecule has 0 atom stereocenters. The van der Waals surface area contributed by atoms with E-state index in [4.69, 9.17) is 10.4 Å². The summed E-state index contributed by atoms with van der Waals surface area (Å²) < 4.78 is 0. The minimum absolute atomic E-state index is 0.298. The first-order valence-electron chi connectivity index (χ1n) is 6.67. The van der Waals surface area contributed by atoms with Crippen molar-refractivity contribution in [1.82, 2.24) is 0 Å². The summed E-state index contributed by atoms with van der Waals surface area (Å²) in [5.74, 6) is -0.928. The molecule has 0 radical (unpaired) electrons. The molecule has 0 heterocycles. The SMILES string of the molecule is Cc1cc(N(CCC#N)c2ccccc2)ccc1C(=O)O. The fourth-order valence-electron chi connectivity index (χ4n) is 2.23. The Hall–Kier alpha value is -2.80. The van der Waals surface area contributed by atoms with Gasteiger partial charge in [0.25, 0.3) is 0 Å². The maximum atomic E-state index is 11.1. The van der Waals surface area contributed by atoms with Crippen LogP contribution in [0.1, 0.15) is 22.3 Å². The van der Waals surface area contributed by atoms with Crippen molar-refractivity contribution in [2.24, 2.45) is 0 Å². The van der Waals surface area contributed by atoms with Gasteiger partial charge in [-0.15, -0.1) is 0 Å². The molecule has 0 aliphatic rings. The van der Waals surface area contributed by atoms with E-state index < -0.39 is 5.97 Å². The minimum Gasteiger partial charge on any atom is -0.478 e. The molecule has 4 nitrogen and oxygen atoms in total. The van der Waals surface area contributed by atoms with Crippen LogP contribution in [0.2, 0.25) is 0 Å². The normalized spacial score (nSPS) is 9.90. The number of hydrogen-bond acceptors (Lipinski definition) is 3. The fraction of sp³-hybridized carbons (Fsp3) is 0.176. The van der Waals surface area contributed by atoms with Crippen LogP contribution in [-0.4, -0.2) is 17.6 Å². The van der Waals surface area contributed by atoms with E-state index in [9.17, 15) is 4.79 Å². The third-order valence-corrected chi connectivity index (χ3v) is 3.27. The Balaban J connectivity index is 2.40. The van der Waals surface area contributed by atoms with Crippen molar-refractivity contribution in [2.45, 2.75) is 13.3 Å². The first kappa shape index (κ1) is 14.6. The molecule has 0 saturated carbocycles. The quantitative estimate of drug-likeness (QED) is 0.906. The van der Waals surface area contributed by atoms with Crippen molar-refractivity contribution in [3.63, 3.8) is 0 Å². The molecule has 0 aromatic heterocycles. The summed E-state index contributed by atoms with van der Waals surface area (Å²) in [5, 5.41) is 17.9. The smallest absolute Gasteiger partial charge is 0.335 e. The van der Waals surface area contributed by atoms with Gasteiger partial charge in [0.15, 0.2) is 0 Å². The third-order valence-electron chi connectivity index (χ3n) is 3.27. The number of carboxylic acid groups (broad SMARTS) is 1. The van der Waals surface area contributed by atoms with Crippen LogP contribution in [0.3, 0.4) is 0 Å². The van der Waals surface area contributed by atoms with Crippen LogP contribution in [0.15, 0.2) is 48.5 Å². The Morgan fingerprint density at radius 2 is 1.90 bits per heavy atom. The van der Waals surface area contributed by atoms with Gasteiger partial charge in [0.05, 0.1) is 18.1 Å². The van der Waals surface area contributed by atoms with Crippen LogP contribution in [0.5, 0.6) is 0 Å². The van der Waals surface area contributed by atoms with E-state index in [-0.39, 0.29) is 0 Å². The topological polar surface area (TPSA) is 64.3 Å². The van der Waals surface area contributed by atoms with Crippen molar-refractivity contribution >= 4 is 17.3 Å². The summed E-state index contributed by atoms with van der Waals surface area (Å²) in [6.07, 6.45) is 0.397. The van der Waals surface area contributed by atoms with Crippen molar-refractivity contribution < 1.29 is 9.90 Å². The molecule has 0 spiro atoms. The summed E-state index contributed by atoms with van der Waals surface area (Å²) in [5.41, 5.74) is 2.87. The first-order chi connectivity index (χ1) is 10.1. The predicted molar refractivity (Wildman–Crippen MR) is 81.8 cm³/mol. The average molecular weight is 280 g/mol. The van der Waals surface area contributed by atoms with Gasteiger partial charge in [-0.05, 0) is 42.8 Å². The Labute approximate surface area is 123 Å². The van der Waals surface area contributed by atoms with Crippen LogP contribution in [0, 0.1) is 18.3 Å². The second-order valence-corrected chi connectivity index (χ2v) is 4.70. The summed E-state index contributed by atoms with van der Waals surface area (Å²) >= 11 is 0. The number of aromatic carboxylic acids is 1. The summed E-state index contributed by atoms with van der Waals surface area (Å²) in [4.78, 5) is 13.1. The van der Waals surface area contributed by atoms with Gasteiger partial charge in [0, 0.05) is 17.9 Å². The molecule has 0 saturated heterocycles. The Morgan fingerprint density at radius 1 is 1.19 bits per heavy atom. The van der Waals surface area contributed by atoms with Crippen LogP contribution >= 0.6 is 0 Å². The molecule has 21 heavy (non-hydrogen) atoms. The van der Waals surface area contributed by atoms with Gasteiger partial charge in [0.2, 0.25) is 0 Å². The number of hydrogen-bond donors (Lipinski definition) is 1. The highest BCUT2D eigenvalue weighted by molar-refractivity contribution is 5.90. The molecule has 106 valence electrons. The molecule has 0 unspecified atom stereocenters. The van der Waals surface area contributed by atoms with Crippen LogP contribution in [0.25, 0.3) is 0 Å². The number of carboxylic acids is 1. The van der Waals surface area contributed by atoms with Gasteiger partial charge >= 0.3 is 5.97 Å². The van der Waals surface area contributed by atoms with Gasteiger partial charge in [0.1, 0.15) is 0 Å². The van der Waals surface area contributed by atoms with E-state index in [1.54, 1.807) is 19.1 Å². The van der Waals surface area contributed by atoms with Crippen molar-refractivity contribution in [2.75, 3.05) is 11.4 Å². The van der Waals surface area contributed by atoms with E-state index in [1.807, 2.05) is 41.3 Å². The number of benzene rings is 2. The van der Waals surface area contributed by atoms with E-state index in [1.165, 1.54) is 0 Å². The highest BCUT2D eigenvalue weighted by Gasteiger charge is 2.12. The lowest BCUT2D eigenvalue weighted by Crippen LogP contribution is -2.18. The fourth-order valence-corrected chi connectivity index (χ4v) is 2.23. The van der Waals surface area contributed by atoms with E-state index >= 15 is 0 Å². The van der Waals surface area contributed by atoms with Gasteiger partial charge in [-0.2, -0.15) is 5.26 Å². The maximum absolute atomic E-state index is 11.1. The highest BCUT2D eigenvalue weighted by Crippen LogP contribution is 2.27. The molecule has 2 rings (SSSR count). The maximum Gasteiger partial charge on any atom is 0.335 e. The number of carbonyl (C=O) groups is 1. The highest BCUT2D eigenvalue weighted by atomic mass is 16.4. The number of nitriles is 1. The molecule has 2 aromatic rings. The van der Waals surface area contributed by atoms with E-state index in [0.717, 1.165) is 11.4 Å². The number of para-hydroxylation sites is 1. The largest absolute Gasteiger partial charge is 0.478 e. The average Bonchev–Trinajstić information content (AvgIpc) is 2.48. The monoisotopic (exact) mass is 280 g/mol. The molecular formula is C17H16N2O2. The number of anilines is 2. The Kier molecular flexibility index (Phi) is 4.57. The lowest BCUT2D eigenvalue weighted by molar-refractivity contribution is 0.0696. The molecular weight excluding hydrogens is 264 g/mol. The Bertz CT molecular complexity index is 675. The van der Waals surface area contributed by atoms with Crippen molar-refractivity contribution in [3.05, 3.63) is 59.7 Å². The Morgan fingerprint density at radius 3 is 2.48 bits per heavy atom. The van der Waals surface area contributed by atoms with Crippen molar-refractivity contribution in [3.8, 4) is 6.07 Å². The molecule has 2 aromatic carbocycles. The minimum atomic E-state index is -0.928. The molecule has 4 heteroatoms. The predicted octanol–water partition coefficient (Wildman–Crippen LogP) is 3.75. The third kappa shape index (κ3) is 3.40. The van der Waals surface area contributed by atoms with Crippen LogP contribution in [-0.2, 0) is 0 Å². The molecule has 0 aliphatic carbocycles. The molecule has 1 N–H and O–H groups in total. The van der Waals surface area contributed by atoms with Gasteiger partial charge in [-0.25, -0.2) is 4.79 Å². The van der Waals surface area contributed by atoms with Gasteiger partial charge in [-0.1, -0.05) is 18.2 Å². The number of rotatable bonds is 5. The first-order valence-corrected chi connectivity index (χ1v) is 6.67. The number of aryl methyl sites for hydroxylation is 1. The van der Waals surface area contributed by atoms with Crippen molar-refractivity contribution in [1.29, 1.82) is 5.26 Å². The molecule has 0 aliphatic heterocycles. The standard InChI is InChI=1S/C17H16N2O2/c1-13-12-15(8-9-16(13)17(20)21)19(11-5-10-18)14-6-3-2-4-7-14/h2-4,6-9,12H,5,11H2,1H3,(H,20,21). The zero-order chi connectivity index (χ0) is 15.2. The van der Waals surface area contributed by atoms with Gasteiger partial charge < -0.3 is 10.0 Å². The summed E-state index contributed by atoms with van der Waals surface area (Å²) in [7, 11) is 0. The lowest BCUT2D eigenvalue weighted by Gasteiger charge is -2.24. The molecule has 0 bridgehead atoms. The lowest BCUT2D eigenvalue weighted by atomic mass is 10.1. The zero-order valence-electron chi connectivity index (χ0n) is 11.8. The van der Waals surface area contributed by atoms with Crippen LogP contribution < -0.4 is 4.90 Å². The molecule has 0 fully saturated rings. The zero-order valence-corrected chi connectivity index (χ0v) is 11.8. The molecule has 0 amide bonds. The second-order valence-electron chi connectivity index (χ2n) is 4.70. The van der Waals surface area contributed by atoms with E-state index in [0.29, 0.717) is 24.1 Å². The summed E-state index contributed by atoms with van der Waals surface area (Å²) in [6, 6.07) is 17.1. The number of nitrogens with zero attached hydrogens (tertiary/aromatic N) is 2. The van der Waals surface area contributed by atoms with Crippen LogP contribution in [0.4, 0.5) is 11.4 Å².